The molecule has 2 aromatic carbocycles. The number of β-amino-alcohol motifs (C(OH)–C–C–N with tert-alkyl or cyclic N) is 1. The Kier molecular flexibility index (Phi) is 4.75. The number of benzene rings is 2. The SMILES string of the molecule is Cc1ccc(F)cc1C1=NC(O)(C(F)(F)F)CN1c1ccc(S(C)(=O)=O)cc1. The third-order valence-electron chi connectivity index (χ3n) is 4.40. The minimum Gasteiger partial charge on any atom is -0.361 e. The van der Waals surface area contributed by atoms with E-state index in [4.69, 9.17) is 0 Å². The minimum absolute atomic E-state index is 0.0121. The van der Waals surface area contributed by atoms with E-state index in [0.717, 1.165) is 23.3 Å². The van der Waals surface area contributed by atoms with Crippen molar-refractivity contribution in [3.05, 3.63) is 59.4 Å². The molecule has 0 amide bonds. The Morgan fingerprint density at radius 2 is 1.75 bits per heavy atom. The summed E-state index contributed by atoms with van der Waals surface area (Å²) in [4.78, 5) is 4.55. The highest BCUT2D eigenvalue weighted by atomic mass is 32.2. The lowest BCUT2D eigenvalue weighted by Crippen LogP contribution is -2.47. The molecule has 0 aromatic heterocycles. The number of anilines is 1. The maximum absolute atomic E-state index is 13.7. The Bertz CT molecular complexity index is 1050. The molecule has 10 heteroatoms. The molecular formula is C18H16F4N2O3S. The van der Waals surface area contributed by atoms with Gasteiger partial charge in [-0.05, 0) is 48.9 Å². The van der Waals surface area contributed by atoms with Gasteiger partial charge in [0.15, 0.2) is 9.84 Å². The zero-order valence-corrected chi connectivity index (χ0v) is 15.6. The first-order valence-corrected chi connectivity index (χ1v) is 9.94. The van der Waals surface area contributed by atoms with Crippen molar-refractivity contribution >= 4 is 21.4 Å². The third kappa shape index (κ3) is 3.61. The van der Waals surface area contributed by atoms with Gasteiger partial charge in [0.05, 0.1) is 11.4 Å². The highest BCUT2D eigenvalue weighted by Crippen LogP contribution is 2.39. The summed E-state index contributed by atoms with van der Waals surface area (Å²) in [5, 5.41) is 10.1. The zero-order valence-electron chi connectivity index (χ0n) is 14.8. The van der Waals surface area contributed by atoms with Crippen molar-refractivity contribution in [2.45, 2.75) is 23.7 Å². The topological polar surface area (TPSA) is 70.0 Å². The van der Waals surface area contributed by atoms with Crippen LogP contribution in [0.2, 0.25) is 0 Å². The number of amidine groups is 1. The van der Waals surface area contributed by atoms with Gasteiger partial charge in [-0.15, -0.1) is 0 Å². The predicted molar refractivity (Wildman–Crippen MR) is 95.6 cm³/mol. The molecule has 1 unspecified atom stereocenters. The molecule has 3 rings (SSSR count). The summed E-state index contributed by atoms with van der Waals surface area (Å²) in [6.07, 6.45) is -4.05. The molecular weight excluding hydrogens is 400 g/mol. The highest BCUT2D eigenvalue weighted by molar-refractivity contribution is 7.90. The van der Waals surface area contributed by atoms with E-state index in [0.29, 0.717) is 5.56 Å². The number of hydrogen-bond acceptors (Lipinski definition) is 5. The number of rotatable bonds is 3. The summed E-state index contributed by atoms with van der Waals surface area (Å²) in [6.45, 7) is 0.632. The predicted octanol–water partition coefficient (Wildman–Crippen LogP) is 3.06. The van der Waals surface area contributed by atoms with Crippen molar-refractivity contribution in [2.75, 3.05) is 17.7 Å². The number of aliphatic hydroxyl groups is 1. The molecule has 28 heavy (non-hydrogen) atoms. The van der Waals surface area contributed by atoms with Gasteiger partial charge in [0.25, 0.3) is 5.72 Å². The van der Waals surface area contributed by atoms with E-state index in [9.17, 15) is 31.1 Å². The molecule has 0 fully saturated rings. The molecule has 1 N–H and O–H groups in total. The number of nitrogens with zero attached hydrogens (tertiary/aromatic N) is 2. The van der Waals surface area contributed by atoms with Crippen LogP contribution in [-0.2, 0) is 9.84 Å². The summed E-state index contributed by atoms with van der Waals surface area (Å²) in [6, 6.07) is 8.69. The molecule has 0 radical (unpaired) electrons. The third-order valence-corrected chi connectivity index (χ3v) is 5.52. The summed E-state index contributed by atoms with van der Waals surface area (Å²) >= 11 is 0. The molecule has 0 bridgehead atoms. The summed E-state index contributed by atoms with van der Waals surface area (Å²) in [7, 11) is -3.49. The van der Waals surface area contributed by atoms with Crippen LogP contribution in [0.1, 0.15) is 11.1 Å². The zero-order chi connectivity index (χ0) is 20.9. The molecule has 2 aromatic rings. The van der Waals surface area contributed by atoms with Crippen LogP contribution in [0.5, 0.6) is 0 Å². The van der Waals surface area contributed by atoms with Crippen molar-refractivity contribution in [2.24, 2.45) is 4.99 Å². The van der Waals surface area contributed by atoms with Gasteiger partial charge < -0.3 is 10.0 Å². The summed E-state index contributed by atoms with van der Waals surface area (Å²) < 4.78 is 77.1. The van der Waals surface area contributed by atoms with E-state index in [1.807, 2.05) is 0 Å². The normalized spacial score (nSPS) is 20.4. The van der Waals surface area contributed by atoms with Gasteiger partial charge in [0.1, 0.15) is 11.7 Å². The van der Waals surface area contributed by atoms with Crippen molar-refractivity contribution in [1.29, 1.82) is 0 Å². The van der Waals surface area contributed by atoms with Gasteiger partial charge >= 0.3 is 6.18 Å². The molecule has 150 valence electrons. The average molecular weight is 416 g/mol. The first kappa shape index (κ1) is 20.3. The maximum Gasteiger partial charge on any atom is 0.440 e. The van der Waals surface area contributed by atoms with E-state index in [1.54, 1.807) is 6.92 Å². The van der Waals surface area contributed by atoms with Crippen LogP contribution < -0.4 is 4.90 Å². The Morgan fingerprint density at radius 3 is 2.29 bits per heavy atom. The number of aryl methyl sites for hydroxylation is 1. The summed E-state index contributed by atoms with van der Waals surface area (Å²) in [5.41, 5.74) is -2.65. The van der Waals surface area contributed by atoms with Crippen molar-refractivity contribution in [3.63, 3.8) is 0 Å². The fourth-order valence-corrected chi connectivity index (χ4v) is 3.48. The second kappa shape index (κ2) is 6.56. The van der Waals surface area contributed by atoms with Gasteiger partial charge in [0.2, 0.25) is 0 Å². The van der Waals surface area contributed by atoms with Gasteiger partial charge in [-0.25, -0.2) is 17.8 Å². The molecule has 0 saturated heterocycles. The van der Waals surface area contributed by atoms with E-state index >= 15 is 0 Å². The quantitative estimate of drug-likeness (QED) is 0.781. The molecule has 5 nitrogen and oxygen atoms in total. The fourth-order valence-electron chi connectivity index (χ4n) is 2.85. The van der Waals surface area contributed by atoms with Gasteiger partial charge in [-0.1, -0.05) is 6.07 Å². The number of halogens is 4. The molecule has 0 saturated carbocycles. The van der Waals surface area contributed by atoms with Gasteiger partial charge in [-0.3, -0.25) is 0 Å². The first-order chi connectivity index (χ1) is 12.8. The Balaban J connectivity index is 2.14. The van der Waals surface area contributed by atoms with Crippen molar-refractivity contribution in [3.8, 4) is 0 Å². The second-order valence-corrected chi connectivity index (χ2v) is 8.58. The van der Waals surface area contributed by atoms with E-state index in [-0.39, 0.29) is 22.0 Å². The Morgan fingerprint density at radius 1 is 1.14 bits per heavy atom. The second-order valence-electron chi connectivity index (χ2n) is 6.56. The molecule has 0 aliphatic carbocycles. The number of sulfone groups is 1. The van der Waals surface area contributed by atoms with Gasteiger partial charge in [0, 0.05) is 17.5 Å². The Labute approximate surface area is 158 Å². The smallest absolute Gasteiger partial charge is 0.361 e. The molecule has 1 heterocycles. The van der Waals surface area contributed by atoms with Crippen LogP contribution in [0.4, 0.5) is 23.2 Å². The number of alkyl halides is 3. The van der Waals surface area contributed by atoms with E-state index < -0.39 is 34.1 Å². The van der Waals surface area contributed by atoms with Crippen LogP contribution in [0.15, 0.2) is 52.4 Å². The van der Waals surface area contributed by atoms with E-state index in [2.05, 4.69) is 4.99 Å². The molecule has 1 aliphatic rings. The lowest BCUT2D eigenvalue weighted by molar-refractivity contribution is -0.249. The summed E-state index contributed by atoms with van der Waals surface area (Å²) in [5.74, 6) is -0.929. The van der Waals surface area contributed by atoms with Crippen molar-refractivity contribution in [1.82, 2.24) is 0 Å². The average Bonchev–Trinajstić information content (AvgIpc) is 2.95. The number of hydrogen-bond donors (Lipinski definition) is 1. The monoisotopic (exact) mass is 416 g/mol. The molecule has 0 spiro atoms. The van der Waals surface area contributed by atoms with Gasteiger partial charge in [-0.2, -0.15) is 13.2 Å². The van der Waals surface area contributed by atoms with Crippen LogP contribution >= 0.6 is 0 Å². The van der Waals surface area contributed by atoms with Crippen molar-refractivity contribution < 1.29 is 31.1 Å². The standard InChI is InChI=1S/C18H16F4N2O3S/c1-11-3-4-12(19)9-15(11)16-23-17(25,18(20,21)22)10-24(16)13-5-7-14(8-6-13)28(2,26)27/h3-9,25H,10H2,1-2H3. The molecule has 1 aliphatic heterocycles. The molecule has 1 atom stereocenters. The van der Waals surface area contributed by atoms with Crippen LogP contribution in [-0.4, -0.2) is 44.1 Å². The lowest BCUT2D eigenvalue weighted by atomic mass is 10.1. The first-order valence-electron chi connectivity index (χ1n) is 8.05. The Hall–Kier alpha value is -2.46. The fraction of sp³-hybridized carbons (Fsp3) is 0.278. The van der Waals surface area contributed by atoms with Crippen LogP contribution in [0.3, 0.4) is 0 Å². The van der Waals surface area contributed by atoms with Crippen LogP contribution in [0, 0.1) is 12.7 Å². The number of aliphatic imine (C=N–C) groups is 1. The lowest BCUT2D eigenvalue weighted by Gasteiger charge is -2.26. The van der Waals surface area contributed by atoms with E-state index in [1.165, 1.54) is 30.3 Å². The van der Waals surface area contributed by atoms with Crippen LogP contribution in [0.25, 0.3) is 0 Å². The highest BCUT2D eigenvalue weighted by Gasteiger charge is 2.59. The largest absolute Gasteiger partial charge is 0.440 e. The maximum atomic E-state index is 13.7. The minimum atomic E-state index is -5.05.